The summed E-state index contributed by atoms with van der Waals surface area (Å²) in [5.41, 5.74) is 0.814. The van der Waals surface area contributed by atoms with Crippen molar-refractivity contribution in [2.45, 2.75) is 18.1 Å². The van der Waals surface area contributed by atoms with Crippen LogP contribution in [0.15, 0.2) is 48.8 Å². The van der Waals surface area contributed by atoms with Crippen molar-refractivity contribution in [3.63, 3.8) is 0 Å². The highest BCUT2D eigenvalue weighted by molar-refractivity contribution is 5.97. The van der Waals surface area contributed by atoms with E-state index in [2.05, 4.69) is 10.3 Å². The minimum absolute atomic E-state index is 0.0410. The Morgan fingerprint density at radius 1 is 1.24 bits per heavy atom. The zero-order valence-electron chi connectivity index (χ0n) is 16.0. The third-order valence-electron chi connectivity index (χ3n) is 5.47. The first-order valence-corrected chi connectivity index (χ1v) is 9.34. The van der Waals surface area contributed by atoms with Gasteiger partial charge in [0.05, 0.1) is 23.8 Å². The molecular weight excluding hydrogens is 374 g/mol. The Balaban J connectivity index is 1.59. The molecule has 2 fully saturated rings. The van der Waals surface area contributed by atoms with E-state index in [0.717, 1.165) is 5.56 Å². The van der Waals surface area contributed by atoms with Gasteiger partial charge in [0.2, 0.25) is 5.91 Å². The summed E-state index contributed by atoms with van der Waals surface area (Å²) in [7, 11) is 1.28. The number of hydrogen-bond acceptors (Lipinski definition) is 6. The van der Waals surface area contributed by atoms with E-state index in [1.165, 1.54) is 25.6 Å². The highest BCUT2D eigenvalue weighted by atomic mass is 16.5. The molecule has 150 valence electrons. The lowest BCUT2D eigenvalue weighted by Crippen LogP contribution is -2.67. The minimum atomic E-state index is -0.667. The lowest BCUT2D eigenvalue weighted by atomic mass is 9.77. The first-order chi connectivity index (χ1) is 14.0. The fraction of sp³-hybridized carbons (Fsp3) is 0.333. The van der Waals surface area contributed by atoms with Crippen LogP contribution in [-0.2, 0) is 19.8 Å². The van der Waals surface area contributed by atoms with Crippen molar-refractivity contribution in [2.24, 2.45) is 0 Å². The van der Waals surface area contributed by atoms with E-state index >= 15 is 0 Å². The molecule has 2 amide bonds. The molecule has 0 bridgehead atoms. The highest BCUT2D eigenvalue weighted by Gasteiger charge is 2.49. The minimum Gasteiger partial charge on any atom is -0.465 e. The molecule has 0 spiro atoms. The van der Waals surface area contributed by atoms with E-state index in [1.54, 1.807) is 4.90 Å². The van der Waals surface area contributed by atoms with E-state index < -0.39 is 11.5 Å². The van der Waals surface area contributed by atoms with E-state index in [0.29, 0.717) is 25.1 Å². The van der Waals surface area contributed by atoms with Crippen LogP contribution in [-0.4, -0.2) is 60.6 Å². The van der Waals surface area contributed by atoms with Gasteiger partial charge in [-0.05, 0) is 18.1 Å². The number of aromatic nitrogens is 1. The van der Waals surface area contributed by atoms with E-state index in [4.69, 9.17) is 9.47 Å². The average Bonchev–Trinajstić information content (AvgIpc) is 2.78. The quantitative estimate of drug-likeness (QED) is 0.783. The van der Waals surface area contributed by atoms with Crippen LogP contribution < -0.4 is 5.32 Å². The predicted octanol–water partition coefficient (Wildman–Crippen LogP) is 1.12. The lowest BCUT2D eigenvalue weighted by molar-refractivity contribution is -0.150. The van der Waals surface area contributed by atoms with Crippen molar-refractivity contribution in [3.05, 3.63) is 65.5 Å². The number of nitrogens with one attached hydrogen (secondary N) is 1. The van der Waals surface area contributed by atoms with Crippen molar-refractivity contribution in [1.82, 2.24) is 15.2 Å². The standard InChI is InChI=1S/C21H21N3O5/c1-28-20(27)15-9-14(10-22-11-15)19(26)24-8-7-21(16-5-3-2-4-6-16)17(12-24)29-13-18(25)23-21/h2-6,9-11,17H,7-8,12-13H2,1H3,(H,23,25)/t17-,21+/m1/s1. The van der Waals surface area contributed by atoms with E-state index in [1.807, 2.05) is 30.3 Å². The maximum absolute atomic E-state index is 13.0. The van der Waals surface area contributed by atoms with Crippen LogP contribution >= 0.6 is 0 Å². The summed E-state index contributed by atoms with van der Waals surface area (Å²) in [4.78, 5) is 42.5. The van der Waals surface area contributed by atoms with Crippen LogP contribution in [0.5, 0.6) is 0 Å². The van der Waals surface area contributed by atoms with Crippen LogP contribution in [0.3, 0.4) is 0 Å². The molecule has 1 N–H and O–H groups in total. The molecule has 4 rings (SSSR count). The summed E-state index contributed by atoms with van der Waals surface area (Å²) in [6.07, 6.45) is 2.93. The number of carbonyl (C=O) groups excluding carboxylic acids is 3. The molecule has 8 heteroatoms. The van der Waals surface area contributed by atoms with Crippen LogP contribution in [0.2, 0.25) is 0 Å². The second-order valence-corrected chi connectivity index (χ2v) is 7.14. The van der Waals surface area contributed by atoms with Crippen LogP contribution in [0.25, 0.3) is 0 Å². The number of amides is 2. The van der Waals surface area contributed by atoms with Gasteiger partial charge >= 0.3 is 5.97 Å². The first kappa shape index (κ1) is 19.1. The third-order valence-corrected chi connectivity index (χ3v) is 5.47. The number of morpholine rings is 1. The van der Waals surface area contributed by atoms with Crippen molar-refractivity contribution in [3.8, 4) is 0 Å². The summed E-state index contributed by atoms with van der Waals surface area (Å²) < 4.78 is 10.5. The summed E-state index contributed by atoms with van der Waals surface area (Å²) in [5, 5.41) is 3.10. The van der Waals surface area contributed by atoms with Crippen molar-refractivity contribution < 1.29 is 23.9 Å². The zero-order valence-corrected chi connectivity index (χ0v) is 16.0. The number of carbonyl (C=O) groups is 3. The number of esters is 1. The number of ether oxygens (including phenoxy) is 2. The van der Waals surface area contributed by atoms with E-state index in [9.17, 15) is 14.4 Å². The number of methoxy groups -OCH3 is 1. The van der Waals surface area contributed by atoms with Gasteiger partial charge in [-0.1, -0.05) is 30.3 Å². The van der Waals surface area contributed by atoms with Crippen LogP contribution in [0.4, 0.5) is 0 Å². The van der Waals surface area contributed by atoms with Gasteiger partial charge in [0.15, 0.2) is 0 Å². The van der Waals surface area contributed by atoms with Gasteiger partial charge in [0.1, 0.15) is 12.7 Å². The Morgan fingerprint density at radius 3 is 2.76 bits per heavy atom. The fourth-order valence-corrected chi connectivity index (χ4v) is 4.01. The first-order valence-electron chi connectivity index (χ1n) is 9.34. The molecule has 1 aromatic carbocycles. The largest absolute Gasteiger partial charge is 0.465 e. The monoisotopic (exact) mass is 395 g/mol. The van der Waals surface area contributed by atoms with Crippen molar-refractivity contribution in [2.75, 3.05) is 26.8 Å². The molecule has 2 aliphatic heterocycles. The molecular formula is C21H21N3O5. The third kappa shape index (κ3) is 3.47. The smallest absolute Gasteiger partial charge is 0.339 e. The number of pyridine rings is 1. The molecule has 0 unspecified atom stereocenters. The van der Waals surface area contributed by atoms with Gasteiger partial charge in [0.25, 0.3) is 5.91 Å². The van der Waals surface area contributed by atoms with Gasteiger partial charge in [0, 0.05) is 25.5 Å². The highest BCUT2D eigenvalue weighted by Crippen LogP contribution is 2.37. The number of benzene rings is 1. The molecule has 1 aromatic heterocycles. The number of piperidine rings is 1. The molecule has 2 aliphatic rings. The summed E-state index contributed by atoms with van der Waals surface area (Å²) in [6.45, 7) is 0.702. The Bertz CT molecular complexity index is 948. The molecule has 2 saturated heterocycles. The number of hydrogen-bond donors (Lipinski definition) is 1. The van der Waals surface area contributed by atoms with Gasteiger partial charge in [-0.25, -0.2) is 4.79 Å². The molecule has 29 heavy (non-hydrogen) atoms. The molecule has 0 radical (unpaired) electrons. The SMILES string of the molecule is COC(=O)c1cncc(C(=O)N2CC[C@@]3(c4ccccc4)NC(=O)CO[C@@H]3C2)c1. The molecule has 0 aliphatic carbocycles. The van der Waals surface area contributed by atoms with Crippen molar-refractivity contribution in [1.29, 1.82) is 0 Å². The number of nitrogens with zero attached hydrogens (tertiary/aromatic N) is 2. The maximum atomic E-state index is 13.0. The Hall–Kier alpha value is -3.26. The Labute approximate surface area is 167 Å². The van der Waals surface area contributed by atoms with Crippen LogP contribution in [0.1, 0.15) is 32.7 Å². The number of fused-ring (bicyclic) bond motifs is 1. The second kappa shape index (κ2) is 7.63. The summed E-state index contributed by atoms with van der Waals surface area (Å²) in [5.74, 6) is -0.961. The van der Waals surface area contributed by atoms with Crippen molar-refractivity contribution >= 4 is 17.8 Å². The molecule has 8 nitrogen and oxygen atoms in total. The Kier molecular flexibility index (Phi) is 5.02. The van der Waals surface area contributed by atoms with Gasteiger partial charge in [-0.2, -0.15) is 0 Å². The van der Waals surface area contributed by atoms with E-state index in [-0.39, 0.29) is 30.1 Å². The average molecular weight is 395 g/mol. The topological polar surface area (TPSA) is 97.8 Å². The van der Waals surface area contributed by atoms with Gasteiger partial charge in [-0.15, -0.1) is 0 Å². The molecule has 2 aromatic rings. The second-order valence-electron chi connectivity index (χ2n) is 7.14. The summed E-state index contributed by atoms with van der Waals surface area (Å²) in [6, 6.07) is 11.2. The zero-order chi connectivity index (χ0) is 20.4. The molecule has 2 atom stereocenters. The number of likely N-dealkylation sites (tertiary alicyclic amines) is 1. The number of rotatable bonds is 3. The van der Waals surface area contributed by atoms with Gasteiger partial charge in [-0.3, -0.25) is 14.6 Å². The molecule has 3 heterocycles. The normalized spacial score (nSPS) is 23.7. The Morgan fingerprint density at radius 2 is 2.00 bits per heavy atom. The van der Waals surface area contributed by atoms with Gasteiger partial charge < -0.3 is 19.7 Å². The summed E-state index contributed by atoms with van der Waals surface area (Å²) >= 11 is 0. The van der Waals surface area contributed by atoms with Crippen LogP contribution in [0, 0.1) is 0 Å². The predicted molar refractivity (Wildman–Crippen MR) is 102 cm³/mol. The lowest BCUT2D eigenvalue weighted by Gasteiger charge is -2.50. The fourth-order valence-electron chi connectivity index (χ4n) is 4.01. The maximum Gasteiger partial charge on any atom is 0.339 e. The molecule has 0 saturated carbocycles.